The Labute approximate surface area is 160 Å². The maximum atomic E-state index is 13.5. The van der Waals surface area contributed by atoms with Crippen molar-refractivity contribution >= 4 is 5.91 Å². The van der Waals surface area contributed by atoms with Gasteiger partial charge in [-0.1, -0.05) is 12.1 Å². The van der Waals surface area contributed by atoms with Crippen molar-refractivity contribution in [1.29, 1.82) is 0 Å². The second-order valence-corrected chi connectivity index (χ2v) is 6.52. The molecule has 0 radical (unpaired) electrons. The smallest absolute Gasteiger partial charge is 0.220 e. The maximum absolute atomic E-state index is 13.5. The van der Waals surface area contributed by atoms with Gasteiger partial charge in [0.1, 0.15) is 17.3 Å². The van der Waals surface area contributed by atoms with E-state index in [1.165, 1.54) is 12.1 Å². The summed E-state index contributed by atoms with van der Waals surface area (Å²) in [5.41, 5.74) is 1.75. The van der Waals surface area contributed by atoms with Crippen molar-refractivity contribution in [2.24, 2.45) is 0 Å². The van der Waals surface area contributed by atoms with Gasteiger partial charge in [0, 0.05) is 13.0 Å². The molecule has 5 nitrogen and oxygen atoms in total. The number of likely N-dealkylation sites (N-methyl/N-ethyl adjacent to an activating group) is 1. The molecule has 1 unspecified atom stereocenters. The van der Waals surface area contributed by atoms with Crippen LogP contribution in [0.15, 0.2) is 42.5 Å². The molecule has 2 aromatic rings. The summed E-state index contributed by atoms with van der Waals surface area (Å²) in [7, 11) is 7.02. The topological polar surface area (TPSA) is 50.8 Å². The fourth-order valence-electron chi connectivity index (χ4n) is 2.94. The van der Waals surface area contributed by atoms with E-state index in [2.05, 4.69) is 5.32 Å². The third-order valence-corrected chi connectivity index (χ3v) is 4.46. The van der Waals surface area contributed by atoms with E-state index in [4.69, 9.17) is 9.47 Å². The minimum Gasteiger partial charge on any atom is -0.497 e. The molecule has 0 aromatic heterocycles. The average molecular weight is 374 g/mol. The molecule has 6 heteroatoms. The van der Waals surface area contributed by atoms with Gasteiger partial charge in [-0.3, -0.25) is 4.79 Å². The van der Waals surface area contributed by atoms with Gasteiger partial charge >= 0.3 is 0 Å². The summed E-state index contributed by atoms with van der Waals surface area (Å²) >= 11 is 0. The third kappa shape index (κ3) is 5.96. The van der Waals surface area contributed by atoms with Crippen molar-refractivity contribution in [2.45, 2.75) is 18.9 Å². The molecule has 146 valence electrons. The number of hydrogen-bond donors (Lipinski definition) is 1. The van der Waals surface area contributed by atoms with Crippen molar-refractivity contribution in [3.8, 4) is 11.5 Å². The fourth-order valence-corrected chi connectivity index (χ4v) is 2.94. The lowest BCUT2D eigenvalue weighted by Gasteiger charge is -2.25. The number of ether oxygens (including phenoxy) is 2. The Morgan fingerprint density at radius 1 is 1.15 bits per heavy atom. The normalized spacial score (nSPS) is 11.9. The first-order valence-electron chi connectivity index (χ1n) is 8.84. The minimum absolute atomic E-state index is 0.0665. The number of hydrogen-bond acceptors (Lipinski definition) is 4. The van der Waals surface area contributed by atoms with Crippen LogP contribution in [0.25, 0.3) is 0 Å². The molecular weight excluding hydrogens is 347 g/mol. The van der Waals surface area contributed by atoms with Gasteiger partial charge in [0.2, 0.25) is 5.91 Å². The summed E-state index contributed by atoms with van der Waals surface area (Å²) in [6, 6.07) is 11.9. The number of halogens is 1. The summed E-state index contributed by atoms with van der Waals surface area (Å²) in [5, 5.41) is 2.94. The Kier molecular flexibility index (Phi) is 7.61. The lowest BCUT2D eigenvalue weighted by molar-refractivity contribution is -0.121. The lowest BCUT2D eigenvalue weighted by Crippen LogP contribution is -2.34. The van der Waals surface area contributed by atoms with Gasteiger partial charge in [-0.2, -0.15) is 0 Å². The molecule has 1 N–H and O–H groups in total. The van der Waals surface area contributed by atoms with E-state index in [1.807, 2.05) is 43.3 Å². The molecule has 0 aliphatic rings. The van der Waals surface area contributed by atoms with Crippen LogP contribution in [0.5, 0.6) is 11.5 Å². The molecule has 0 bridgehead atoms. The Bertz CT molecular complexity index is 765. The van der Waals surface area contributed by atoms with Crippen LogP contribution in [0.4, 0.5) is 4.39 Å². The lowest BCUT2D eigenvalue weighted by atomic mass is 10.1. The number of methoxy groups -OCH3 is 2. The van der Waals surface area contributed by atoms with Crippen molar-refractivity contribution in [3.63, 3.8) is 0 Å². The first kappa shape index (κ1) is 20.7. The van der Waals surface area contributed by atoms with Crippen LogP contribution >= 0.6 is 0 Å². The quantitative estimate of drug-likeness (QED) is 0.732. The van der Waals surface area contributed by atoms with E-state index >= 15 is 0 Å². The number of rotatable bonds is 9. The predicted octanol–water partition coefficient (Wildman–Crippen LogP) is 3.19. The number of benzene rings is 2. The number of nitrogens with zero attached hydrogens (tertiary/aromatic N) is 1. The van der Waals surface area contributed by atoms with Crippen LogP contribution in [0.3, 0.4) is 0 Å². The van der Waals surface area contributed by atoms with Gasteiger partial charge < -0.3 is 19.7 Å². The number of carbonyl (C=O) groups excluding carboxylic acids is 1. The summed E-state index contributed by atoms with van der Waals surface area (Å²) < 4.78 is 24.1. The number of amides is 1. The molecule has 0 saturated carbocycles. The highest BCUT2D eigenvalue weighted by molar-refractivity contribution is 5.76. The first-order chi connectivity index (χ1) is 12.9. The third-order valence-electron chi connectivity index (χ3n) is 4.46. The summed E-state index contributed by atoms with van der Waals surface area (Å²) in [6.45, 7) is 0.407. The van der Waals surface area contributed by atoms with Gasteiger partial charge in [0.05, 0.1) is 20.3 Å². The molecule has 0 spiro atoms. The molecule has 2 rings (SSSR count). The zero-order chi connectivity index (χ0) is 19.8. The van der Waals surface area contributed by atoms with Gasteiger partial charge in [0.25, 0.3) is 0 Å². The van der Waals surface area contributed by atoms with Gasteiger partial charge in [-0.25, -0.2) is 4.39 Å². The monoisotopic (exact) mass is 374 g/mol. The summed E-state index contributed by atoms with van der Waals surface area (Å²) in [4.78, 5) is 14.3. The number of aryl methyl sites for hydroxylation is 1. The molecule has 0 aliphatic carbocycles. The number of nitrogens with one attached hydrogen (secondary N) is 1. The zero-order valence-corrected chi connectivity index (χ0v) is 16.3. The van der Waals surface area contributed by atoms with E-state index < -0.39 is 0 Å². The van der Waals surface area contributed by atoms with Crippen molar-refractivity contribution in [2.75, 3.05) is 34.9 Å². The molecule has 0 aliphatic heterocycles. The molecule has 0 heterocycles. The van der Waals surface area contributed by atoms with Crippen LogP contribution < -0.4 is 14.8 Å². The maximum Gasteiger partial charge on any atom is 0.220 e. The van der Waals surface area contributed by atoms with Gasteiger partial charge in [-0.05, 0) is 62.0 Å². The SMILES string of the molecule is COc1ccc(OC)c(CCC(=O)NCC(c2cccc(F)c2)N(C)C)c1. The second kappa shape index (κ2) is 9.92. The fraction of sp³-hybridized carbons (Fsp3) is 0.381. The Balaban J connectivity index is 1.95. The molecule has 0 saturated heterocycles. The highest BCUT2D eigenvalue weighted by atomic mass is 19.1. The molecule has 27 heavy (non-hydrogen) atoms. The van der Waals surface area contributed by atoms with Crippen molar-refractivity contribution < 1.29 is 18.7 Å². The molecule has 1 amide bonds. The van der Waals surface area contributed by atoms with Crippen LogP contribution in [-0.4, -0.2) is 45.7 Å². The van der Waals surface area contributed by atoms with E-state index in [1.54, 1.807) is 20.3 Å². The van der Waals surface area contributed by atoms with E-state index in [0.29, 0.717) is 19.4 Å². The molecule has 2 aromatic carbocycles. The molecule has 1 atom stereocenters. The molecule has 0 fully saturated rings. The van der Waals surface area contributed by atoms with Crippen LogP contribution in [0.2, 0.25) is 0 Å². The number of carbonyl (C=O) groups is 1. The molecular formula is C21H27FN2O3. The van der Waals surface area contributed by atoms with Crippen molar-refractivity contribution in [1.82, 2.24) is 10.2 Å². The van der Waals surface area contributed by atoms with Crippen LogP contribution in [-0.2, 0) is 11.2 Å². The summed E-state index contributed by atoms with van der Waals surface area (Å²) in [6.07, 6.45) is 0.867. The Hall–Kier alpha value is -2.60. The van der Waals surface area contributed by atoms with E-state index in [9.17, 15) is 9.18 Å². The van der Waals surface area contributed by atoms with Gasteiger partial charge in [-0.15, -0.1) is 0 Å². The summed E-state index contributed by atoms with van der Waals surface area (Å²) in [5.74, 6) is 1.11. The second-order valence-electron chi connectivity index (χ2n) is 6.52. The van der Waals surface area contributed by atoms with Crippen LogP contribution in [0, 0.1) is 5.82 Å². The predicted molar refractivity (Wildman–Crippen MR) is 104 cm³/mol. The highest BCUT2D eigenvalue weighted by Gasteiger charge is 2.16. The zero-order valence-electron chi connectivity index (χ0n) is 16.3. The highest BCUT2D eigenvalue weighted by Crippen LogP contribution is 2.25. The largest absolute Gasteiger partial charge is 0.497 e. The Morgan fingerprint density at radius 3 is 2.56 bits per heavy atom. The van der Waals surface area contributed by atoms with Crippen molar-refractivity contribution in [3.05, 3.63) is 59.4 Å². The van der Waals surface area contributed by atoms with Crippen LogP contribution in [0.1, 0.15) is 23.6 Å². The van der Waals surface area contributed by atoms with E-state index in [-0.39, 0.29) is 17.8 Å². The Morgan fingerprint density at radius 2 is 1.93 bits per heavy atom. The minimum atomic E-state index is -0.282. The van der Waals surface area contributed by atoms with Gasteiger partial charge in [0.15, 0.2) is 0 Å². The first-order valence-corrected chi connectivity index (χ1v) is 8.84. The van der Waals surface area contributed by atoms with E-state index in [0.717, 1.165) is 22.6 Å². The average Bonchev–Trinajstić information content (AvgIpc) is 2.66. The standard InChI is InChI=1S/C21H27FN2O3/c1-24(2)19(15-6-5-7-17(22)12-15)14-23-21(25)11-8-16-13-18(26-3)9-10-20(16)27-4/h5-7,9-10,12-13,19H,8,11,14H2,1-4H3,(H,23,25).